The van der Waals surface area contributed by atoms with Gasteiger partial charge in [0.1, 0.15) is 0 Å². The molecule has 0 radical (unpaired) electrons. The molecular formula is C19H21N3OS2. The van der Waals surface area contributed by atoms with Crippen LogP contribution in [0.15, 0.2) is 58.9 Å². The Kier molecular flexibility index (Phi) is 6.07. The van der Waals surface area contributed by atoms with E-state index in [4.69, 9.17) is 0 Å². The topological polar surface area (TPSA) is 45.2 Å². The maximum Gasteiger partial charge on any atom is 0.230 e. The van der Waals surface area contributed by atoms with Crippen molar-refractivity contribution in [2.75, 3.05) is 26.4 Å². The maximum atomic E-state index is 12.2. The first kappa shape index (κ1) is 17.9. The number of amides is 1. The third-order valence-corrected chi connectivity index (χ3v) is 6.08. The molecule has 1 N–H and O–H groups in total. The Morgan fingerprint density at radius 3 is 2.60 bits per heavy atom. The van der Waals surface area contributed by atoms with E-state index in [0.29, 0.717) is 12.3 Å². The molecule has 2 aromatic carbocycles. The number of fused-ring (bicyclic) bond motifs is 1. The van der Waals surface area contributed by atoms with Gasteiger partial charge in [0, 0.05) is 6.54 Å². The highest BCUT2D eigenvalue weighted by Gasteiger charge is 2.15. The van der Waals surface area contributed by atoms with Crippen LogP contribution >= 0.6 is 23.1 Å². The van der Waals surface area contributed by atoms with Crippen molar-refractivity contribution >= 4 is 39.2 Å². The van der Waals surface area contributed by atoms with E-state index in [-0.39, 0.29) is 11.9 Å². The van der Waals surface area contributed by atoms with Crippen molar-refractivity contribution in [3.8, 4) is 0 Å². The lowest BCUT2D eigenvalue weighted by atomic mass is 10.1. The van der Waals surface area contributed by atoms with Gasteiger partial charge >= 0.3 is 0 Å². The van der Waals surface area contributed by atoms with E-state index in [0.717, 1.165) is 14.6 Å². The van der Waals surface area contributed by atoms with E-state index in [1.165, 1.54) is 17.3 Å². The molecule has 0 fully saturated rings. The molecule has 0 saturated carbocycles. The SMILES string of the molecule is CN(C)[C@@H](CNC(=O)CSc1nc2ccccc2s1)c1ccccc1. The van der Waals surface area contributed by atoms with Gasteiger partial charge in [-0.2, -0.15) is 0 Å². The van der Waals surface area contributed by atoms with Crippen LogP contribution in [-0.2, 0) is 4.79 Å². The minimum atomic E-state index is 0.0343. The molecule has 1 atom stereocenters. The van der Waals surface area contributed by atoms with Gasteiger partial charge in [-0.05, 0) is 31.8 Å². The summed E-state index contributed by atoms with van der Waals surface area (Å²) in [5.41, 5.74) is 2.19. The zero-order valence-corrected chi connectivity index (χ0v) is 15.9. The van der Waals surface area contributed by atoms with Crippen LogP contribution in [0.5, 0.6) is 0 Å². The van der Waals surface area contributed by atoms with Gasteiger partial charge < -0.3 is 10.2 Å². The highest BCUT2D eigenvalue weighted by atomic mass is 32.2. The van der Waals surface area contributed by atoms with E-state index >= 15 is 0 Å². The highest BCUT2D eigenvalue weighted by Crippen LogP contribution is 2.29. The highest BCUT2D eigenvalue weighted by molar-refractivity contribution is 8.01. The summed E-state index contributed by atoms with van der Waals surface area (Å²) in [5, 5.41) is 3.04. The van der Waals surface area contributed by atoms with Gasteiger partial charge in [0.2, 0.25) is 5.91 Å². The Morgan fingerprint density at radius 1 is 1.16 bits per heavy atom. The number of hydrogen-bond donors (Lipinski definition) is 1. The number of aromatic nitrogens is 1. The van der Waals surface area contributed by atoms with E-state index in [1.54, 1.807) is 11.3 Å². The summed E-state index contributed by atoms with van der Waals surface area (Å²) >= 11 is 3.12. The summed E-state index contributed by atoms with van der Waals surface area (Å²) in [5.74, 6) is 0.418. The molecule has 1 aromatic heterocycles. The van der Waals surface area contributed by atoms with Gasteiger partial charge in [-0.25, -0.2) is 4.98 Å². The van der Waals surface area contributed by atoms with Crippen molar-refractivity contribution in [2.45, 2.75) is 10.4 Å². The van der Waals surface area contributed by atoms with Crippen molar-refractivity contribution in [3.05, 3.63) is 60.2 Å². The second-order valence-corrected chi connectivity index (χ2v) is 8.18. The van der Waals surface area contributed by atoms with E-state index in [2.05, 4.69) is 33.4 Å². The Labute approximate surface area is 156 Å². The summed E-state index contributed by atoms with van der Waals surface area (Å²) in [6, 6.07) is 18.4. The number of hydrogen-bond acceptors (Lipinski definition) is 5. The van der Waals surface area contributed by atoms with Crippen LogP contribution in [-0.4, -0.2) is 42.2 Å². The van der Waals surface area contributed by atoms with Crippen molar-refractivity contribution < 1.29 is 4.79 Å². The molecule has 1 amide bonds. The Hall–Kier alpha value is -1.89. The summed E-state index contributed by atoms with van der Waals surface area (Å²) in [7, 11) is 4.05. The average molecular weight is 372 g/mol. The Morgan fingerprint density at radius 2 is 1.88 bits per heavy atom. The number of thioether (sulfide) groups is 1. The van der Waals surface area contributed by atoms with Crippen LogP contribution in [0.4, 0.5) is 0 Å². The monoisotopic (exact) mass is 371 g/mol. The van der Waals surface area contributed by atoms with Crippen LogP contribution in [0.3, 0.4) is 0 Å². The van der Waals surface area contributed by atoms with Crippen LogP contribution in [0, 0.1) is 0 Å². The predicted octanol–water partition coefficient (Wildman–Crippen LogP) is 3.81. The maximum absolute atomic E-state index is 12.2. The Balaban J connectivity index is 1.53. The first-order chi connectivity index (χ1) is 12.1. The molecule has 0 unspecified atom stereocenters. The summed E-state index contributed by atoms with van der Waals surface area (Å²) in [4.78, 5) is 18.9. The molecule has 0 saturated heterocycles. The van der Waals surface area contributed by atoms with Crippen LogP contribution < -0.4 is 5.32 Å². The van der Waals surface area contributed by atoms with Crippen LogP contribution in [0.25, 0.3) is 10.2 Å². The molecule has 4 nitrogen and oxygen atoms in total. The summed E-state index contributed by atoms with van der Waals surface area (Å²) in [6.45, 7) is 0.594. The number of carbonyl (C=O) groups excluding carboxylic acids is 1. The smallest absolute Gasteiger partial charge is 0.230 e. The van der Waals surface area contributed by atoms with Crippen molar-refractivity contribution in [3.63, 3.8) is 0 Å². The molecule has 0 spiro atoms. The van der Waals surface area contributed by atoms with Crippen molar-refractivity contribution in [1.29, 1.82) is 0 Å². The third kappa shape index (κ3) is 4.81. The number of benzene rings is 2. The third-order valence-electron chi connectivity index (χ3n) is 3.90. The summed E-state index contributed by atoms with van der Waals surface area (Å²) < 4.78 is 2.09. The molecule has 0 aliphatic carbocycles. The molecule has 0 aliphatic rings. The number of para-hydroxylation sites is 1. The molecule has 130 valence electrons. The van der Waals surface area contributed by atoms with Crippen LogP contribution in [0.2, 0.25) is 0 Å². The fourth-order valence-corrected chi connectivity index (χ4v) is 4.47. The number of likely N-dealkylation sites (N-methyl/N-ethyl adjacent to an activating group) is 1. The number of nitrogens with zero attached hydrogens (tertiary/aromatic N) is 2. The van der Waals surface area contributed by atoms with Crippen molar-refractivity contribution in [1.82, 2.24) is 15.2 Å². The first-order valence-electron chi connectivity index (χ1n) is 8.10. The van der Waals surface area contributed by atoms with E-state index < -0.39 is 0 Å². The van der Waals surface area contributed by atoms with Gasteiger partial charge in [0.15, 0.2) is 4.34 Å². The quantitative estimate of drug-likeness (QED) is 0.642. The van der Waals surface area contributed by atoms with Crippen LogP contribution in [0.1, 0.15) is 11.6 Å². The molecule has 3 rings (SSSR count). The van der Waals surface area contributed by atoms with Gasteiger partial charge in [0.25, 0.3) is 0 Å². The molecule has 6 heteroatoms. The molecule has 1 heterocycles. The average Bonchev–Trinajstić information content (AvgIpc) is 3.04. The minimum absolute atomic E-state index is 0.0343. The van der Waals surface area contributed by atoms with E-state index in [9.17, 15) is 4.79 Å². The first-order valence-corrected chi connectivity index (χ1v) is 9.90. The lowest BCUT2D eigenvalue weighted by Gasteiger charge is -2.25. The number of nitrogens with one attached hydrogen (secondary N) is 1. The largest absolute Gasteiger partial charge is 0.353 e. The van der Waals surface area contributed by atoms with Gasteiger partial charge in [-0.15, -0.1) is 11.3 Å². The number of rotatable bonds is 7. The molecule has 3 aromatic rings. The van der Waals surface area contributed by atoms with Crippen molar-refractivity contribution in [2.24, 2.45) is 0 Å². The van der Waals surface area contributed by atoms with Gasteiger partial charge in [0.05, 0.1) is 22.0 Å². The second-order valence-electron chi connectivity index (χ2n) is 5.93. The van der Waals surface area contributed by atoms with Gasteiger partial charge in [-0.1, -0.05) is 54.2 Å². The predicted molar refractivity (Wildman–Crippen MR) is 106 cm³/mol. The zero-order chi connectivity index (χ0) is 17.6. The Bertz CT molecular complexity index is 800. The normalized spacial score (nSPS) is 12.4. The fraction of sp³-hybridized carbons (Fsp3) is 0.263. The molecule has 25 heavy (non-hydrogen) atoms. The summed E-state index contributed by atoms with van der Waals surface area (Å²) in [6.07, 6.45) is 0. The number of thiazole rings is 1. The number of carbonyl (C=O) groups is 1. The second kappa shape index (κ2) is 8.47. The minimum Gasteiger partial charge on any atom is -0.353 e. The van der Waals surface area contributed by atoms with Gasteiger partial charge in [-0.3, -0.25) is 4.79 Å². The zero-order valence-electron chi connectivity index (χ0n) is 14.3. The fourth-order valence-electron chi connectivity index (χ4n) is 2.58. The molecule has 0 bridgehead atoms. The lowest BCUT2D eigenvalue weighted by molar-refractivity contribution is -0.118. The lowest BCUT2D eigenvalue weighted by Crippen LogP contribution is -2.35. The molecular weight excluding hydrogens is 350 g/mol. The standard InChI is InChI=1S/C19H21N3OS2/c1-22(2)16(14-8-4-3-5-9-14)12-20-18(23)13-24-19-21-15-10-6-7-11-17(15)25-19/h3-11,16H,12-13H2,1-2H3,(H,20,23)/t16-/m0/s1. The molecule has 0 aliphatic heterocycles. The van der Waals surface area contributed by atoms with E-state index in [1.807, 2.05) is 50.5 Å².